The Morgan fingerprint density at radius 1 is 1.07 bits per heavy atom. The summed E-state index contributed by atoms with van der Waals surface area (Å²) in [4.78, 5) is 26.3. The van der Waals surface area contributed by atoms with Gasteiger partial charge in [0.05, 0.1) is 12.2 Å². The van der Waals surface area contributed by atoms with E-state index in [0.29, 0.717) is 5.57 Å². The molecule has 46 heavy (non-hydrogen) atoms. The van der Waals surface area contributed by atoms with Crippen LogP contribution in [0.15, 0.2) is 48.1 Å². The first kappa shape index (κ1) is 33.7. The van der Waals surface area contributed by atoms with Crippen molar-refractivity contribution in [2.24, 2.45) is 17.8 Å². The molecular formula is C36H50O10. The smallest absolute Gasteiger partial charge is 0.307 e. The van der Waals surface area contributed by atoms with Crippen LogP contribution in [-0.4, -0.2) is 86.5 Å². The van der Waals surface area contributed by atoms with Crippen molar-refractivity contribution in [3.8, 4) is 0 Å². The number of ether oxygens (including phenoxy) is 5. The summed E-state index contributed by atoms with van der Waals surface area (Å²) < 4.78 is 32.6. The van der Waals surface area contributed by atoms with Crippen molar-refractivity contribution in [1.29, 1.82) is 0 Å². The zero-order valence-corrected chi connectivity index (χ0v) is 27.7. The second-order valence-electron chi connectivity index (χ2n) is 14.4. The van der Waals surface area contributed by atoms with Crippen molar-refractivity contribution in [2.75, 3.05) is 6.61 Å². The van der Waals surface area contributed by atoms with Crippen LogP contribution in [-0.2, 0) is 33.3 Å². The zero-order chi connectivity index (χ0) is 33.3. The molecule has 254 valence electrons. The van der Waals surface area contributed by atoms with Gasteiger partial charge in [-0.15, -0.1) is 0 Å². The zero-order valence-electron chi connectivity index (χ0n) is 27.7. The lowest BCUT2D eigenvalue weighted by Gasteiger charge is -2.61. The van der Waals surface area contributed by atoms with Gasteiger partial charge in [0.15, 0.2) is 17.0 Å². The number of aliphatic hydroxyl groups is 3. The molecule has 3 aliphatic heterocycles. The Morgan fingerprint density at radius 2 is 1.76 bits per heavy atom. The van der Waals surface area contributed by atoms with E-state index in [0.717, 1.165) is 12.8 Å². The molecule has 12 atom stereocenters. The second kappa shape index (κ2) is 11.8. The summed E-state index contributed by atoms with van der Waals surface area (Å²) in [6.07, 6.45) is 14.1. The average molecular weight is 643 g/mol. The van der Waals surface area contributed by atoms with Gasteiger partial charge in [0.1, 0.15) is 30.0 Å². The second-order valence-corrected chi connectivity index (χ2v) is 14.4. The number of hydrogen-bond acceptors (Lipinski definition) is 10. The highest BCUT2D eigenvalue weighted by molar-refractivity contribution is 6.05. The minimum absolute atomic E-state index is 0.251. The highest BCUT2D eigenvalue weighted by atomic mass is 16.9. The van der Waals surface area contributed by atoms with E-state index in [9.17, 15) is 24.9 Å². The number of aliphatic hydroxyl groups excluding tert-OH is 2. The molecule has 6 aliphatic rings. The van der Waals surface area contributed by atoms with Crippen molar-refractivity contribution >= 4 is 11.8 Å². The Balaban J connectivity index is 1.39. The van der Waals surface area contributed by atoms with Crippen molar-refractivity contribution in [2.45, 2.75) is 139 Å². The molecule has 5 fully saturated rings. The first-order valence-electron chi connectivity index (χ1n) is 17.0. The van der Waals surface area contributed by atoms with Crippen LogP contribution >= 0.6 is 0 Å². The summed E-state index contributed by atoms with van der Waals surface area (Å²) in [5, 5.41) is 34.6. The molecule has 0 aromatic carbocycles. The molecule has 3 heterocycles. The molecule has 6 rings (SSSR count). The Kier molecular flexibility index (Phi) is 8.61. The predicted octanol–water partition coefficient (Wildman–Crippen LogP) is 3.97. The molecule has 0 amide bonds. The van der Waals surface area contributed by atoms with Gasteiger partial charge in [-0.3, -0.25) is 9.59 Å². The van der Waals surface area contributed by atoms with Crippen LogP contribution in [0, 0.1) is 17.8 Å². The Labute approximate surface area is 271 Å². The number of allylic oxidation sites excluding steroid dienone is 3. The number of carbonyl (C=O) groups is 2. The summed E-state index contributed by atoms with van der Waals surface area (Å²) in [7, 11) is 0. The topological polar surface area (TPSA) is 144 Å². The fourth-order valence-corrected chi connectivity index (χ4v) is 9.37. The summed E-state index contributed by atoms with van der Waals surface area (Å²) in [5.74, 6) is -5.58. The number of unbranched alkanes of at least 4 members (excludes halogenated alkanes) is 7. The van der Waals surface area contributed by atoms with Gasteiger partial charge in [0.25, 0.3) is 0 Å². The number of esters is 1. The number of hydrogen-bond donors (Lipinski definition) is 3. The first-order valence-corrected chi connectivity index (χ1v) is 17.0. The molecule has 2 saturated carbocycles. The van der Waals surface area contributed by atoms with Crippen LogP contribution in [0.1, 0.15) is 86.0 Å². The van der Waals surface area contributed by atoms with Gasteiger partial charge < -0.3 is 39.0 Å². The molecule has 10 nitrogen and oxygen atoms in total. The first-order chi connectivity index (χ1) is 21.8. The maximum atomic E-state index is 13.7. The summed E-state index contributed by atoms with van der Waals surface area (Å²) in [5.41, 5.74) is -6.13. The molecule has 1 unspecified atom stereocenters. The lowest BCUT2D eigenvalue weighted by molar-refractivity contribution is -0.407. The highest BCUT2D eigenvalue weighted by Crippen LogP contribution is 2.73. The fraction of sp³-hybridized carbons (Fsp3) is 0.722. The molecule has 0 radical (unpaired) electrons. The molecule has 3 aliphatic carbocycles. The van der Waals surface area contributed by atoms with Crippen molar-refractivity contribution in [1.82, 2.24) is 0 Å². The molecule has 0 aromatic heterocycles. The number of epoxide rings is 1. The van der Waals surface area contributed by atoms with Gasteiger partial charge in [-0.25, -0.2) is 0 Å². The van der Waals surface area contributed by atoms with Crippen LogP contribution in [0.4, 0.5) is 0 Å². The molecule has 10 heteroatoms. The Bertz CT molecular complexity index is 1350. The minimum atomic E-state index is -2.38. The maximum absolute atomic E-state index is 13.7. The maximum Gasteiger partial charge on any atom is 0.307 e. The van der Waals surface area contributed by atoms with Gasteiger partial charge in [-0.2, -0.15) is 0 Å². The normalized spacial score (nSPS) is 46.7. The van der Waals surface area contributed by atoms with E-state index in [1.165, 1.54) is 45.4 Å². The highest BCUT2D eigenvalue weighted by Gasteiger charge is 2.90. The van der Waals surface area contributed by atoms with Crippen LogP contribution in [0.25, 0.3) is 0 Å². The monoisotopic (exact) mass is 642 g/mol. The van der Waals surface area contributed by atoms with Crippen molar-refractivity contribution in [3.05, 3.63) is 48.1 Å². The van der Waals surface area contributed by atoms with E-state index in [4.69, 9.17) is 23.7 Å². The minimum Gasteiger partial charge on any atom is -0.459 e. The number of Topliss-reactive ketones (excluding diaryl/α,β-unsaturated/α-hetero) is 1. The number of fused-ring (bicyclic) bond motifs is 3. The van der Waals surface area contributed by atoms with Gasteiger partial charge in [0, 0.05) is 30.8 Å². The van der Waals surface area contributed by atoms with Gasteiger partial charge >= 0.3 is 11.9 Å². The average Bonchev–Trinajstić information content (AvgIpc) is 3.64. The third-order valence-corrected chi connectivity index (χ3v) is 11.6. The molecule has 3 saturated heterocycles. The van der Waals surface area contributed by atoms with E-state index >= 15 is 0 Å². The summed E-state index contributed by atoms with van der Waals surface area (Å²) in [6, 6.07) is 0. The van der Waals surface area contributed by atoms with Crippen LogP contribution in [0.3, 0.4) is 0 Å². The van der Waals surface area contributed by atoms with Gasteiger partial charge in [0.2, 0.25) is 0 Å². The standard InChI is InChI=1S/C36H50O10/c1-7-8-9-10-11-12-13-14-15-16-17-18-33-44-30-26-29-32(20-37,43-29)31(40)34(41)25(19-22(4)27(34)39)36(26,46-33)23(5)28(42-24(6)38)35(30,45-33)21(2)3/h15-19,23,25-26,28-31,37,40-41H,2,7-14,20H2,1,3-6H3/b16-15+,18-17+/t23-,25-,26+,28-,29+,30-,31-,32+,33+,34-,35+,36?/m1/s1. The van der Waals surface area contributed by atoms with E-state index < -0.39 is 88.9 Å². The number of ketones is 1. The molecule has 3 N–H and O–H groups in total. The van der Waals surface area contributed by atoms with E-state index in [1.807, 2.05) is 13.0 Å². The molecular weight excluding hydrogens is 592 g/mol. The number of rotatable bonds is 13. The number of carbonyl (C=O) groups excluding carboxylic acids is 2. The molecule has 0 spiro atoms. The lowest BCUT2D eigenvalue weighted by atomic mass is 9.53. The Hall–Kier alpha value is -2.18. The van der Waals surface area contributed by atoms with Crippen LogP contribution in [0.5, 0.6) is 0 Å². The summed E-state index contributed by atoms with van der Waals surface area (Å²) in [6.45, 7) is 12.3. The quantitative estimate of drug-likeness (QED) is 0.0888. The predicted molar refractivity (Wildman–Crippen MR) is 167 cm³/mol. The van der Waals surface area contributed by atoms with Crippen LogP contribution < -0.4 is 0 Å². The summed E-state index contributed by atoms with van der Waals surface area (Å²) >= 11 is 0. The van der Waals surface area contributed by atoms with Gasteiger partial charge in [-0.05, 0) is 37.8 Å². The van der Waals surface area contributed by atoms with Crippen molar-refractivity contribution in [3.63, 3.8) is 0 Å². The largest absolute Gasteiger partial charge is 0.459 e. The third kappa shape index (κ3) is 4.47. The van der Waals surface area contributed by atoms with Gasteiger partial charge in [-0.1, -0.05) is 83.3 Å². The fourth-order valence-electron chi connectivity index (χ4n) is 9.37. The lowest BCUT2D eigenvalue weighted by Crippen LogP contribution is -2.76. The van der Waals surface area contributed by atoms with E-state index in [-0.39, 0.29) is 5.57 Å². The van der Waals surface area contributed by atoms with E-state index in [2.05, 4.69) is 19.6 Å². The molecule has 0 aromatic rings. The molecule has 3 bridgehead atoms. The van der Waals surface area contributed by atoms with E-state index in [1.54, 1.807) is 32.1 Å². The third-order valence-electron chi connectivity index (χ3n) is 11.6. The Morgan fingerprint density at radius 3 is 2.41 bits per heavy atom. The van der Waals surface area contributed by atoms with Crippen LogP contribution in [0.2, 0.25) is 0 Å². The SMILES string of the molecule is C=C(C)[C@@]12O[C@]3(/C=C/C=C/CCCCCCCCC)O[C@@H]1[C@@H]1[C@@H]4O[C@]4(CO)[C@@H](O)[C@]4(O)C(=O)C(C)=C[C@H]4C1(O3)[C@H](C)[C@H]2OC(C)=O. The van der Waals surface area contributed by atoms with Crippen molar-refractivity contribution < 1.29 is 48.6 Å².